The first-order valence-electron chi connectivity index (χ1n) is 6.69. The molecular weight excluding hydrogens is 294 g/mol. The Morgan fingerprint density at radius 1 is 1.29 bits per heavy atom. The fraction of sp³-hybridized carbons (Fsp3) is 0.545. The minimum absolute atomic E-state index is 0.0713. The van der Waals surface area contributed by atoms with Gasteiger partial charge in [-0.3, -0.25) is 0 Å². The summed E-state index contributed by atoms with van der Waals surface area (Å²) in [5.41, 5.74) is 1.24. The second-order valence-corrected chi connectivity index (χ2v) is 6.31. The van der Waals surface area contributed by atoms with Crippen LogP contribution in [0, 0.1) is 0 Å². The lowest BCUT2D eigenvalue weighted by atomic mass is 10.4. The van der Waals surface area contributed by atoms with E-state index in [1.807, 2.05) is 6.92 Å². The van der Waals surface area contributed by atoms with Crippen molar-refractivity contribution in [1.29, 1.82) is 0 Å². The van der Waals surface area contributed by atoms with Crippen LogP contribution in [-0.2, 0) is 10.0 Å². The second kappa shape index (κ2) is 6.68. The van der Waals surface area contributed by atoms with Gasteiger partial charge in [-0.15, -0.1) is 0 Å². The molecule has 0 unspecified atom stereocenters. The maximum atomic E-state index is 10.9. The number of fused-ring (bicyclic) bond motifs is 1. The summed E-state index contributed by atoms with van der Waals surface area (Å²) in [5.74, 6) is 1.01. The highest BCUT2D eigenvalue weighted by Gasteiger charge is 2.10. The second-order valence-electron chi connectivity index (χ2n) is 4.57. The van der Waals surface area contributed by atoms with Crippen LogP contribution in [0.2, 0.25) is 0 Å². The molecule has 0 aromatic carbocycles. The largest absolute Gasteiger partial charge is 0.368 e. The van der Waals surface area contributed by atoms with Gasteiger partial charge in [0.25, 0.3) is 0 Å². The standard InChI is InChI=1S/C11H19N7O2S/c1-2-4-14-11-17-9(8-10(18-11)16-7-15-8)13-5-3-6-21(12,19)20/h7H,2-6H2,1H3,(H2,12,19,20)(H3,13,14,15,16,17,18). The first-order chi connectivity index (χ1) is 9.99. The van der Waals surface area contributed by atoms with E-state index >= 15 is 0 Å². The predicted octanol–water partition coefficient (Wildman–Crippen LogP) is 0.265. The lowest BCUT2D eigenvalue weighted by Crippen LogP contribution is -2.19. The minimum atomic E-state index is -3.44. The van der Waals surface area contributed by atoms with Gasteiger partial charge in [0.15, 0.2) is 11.5 Å². The quantitative estimate of drug-likeness (QED) is 0.513. The van der Waals surface area contributed by atoms with E-state index in [4.69, 9.17) is 5.14 Å². The first kappa shape index (κ1) is 15.4. The van der Waals surface area contributed by atoms with Gasteiger partial charge in [0.2, 0.25) is 16.0 Å². The normalized spacial score (nSPS) is 11.7. The number of aromatic nitrogens is 4. The van der Waals surface area contributed by atoms with E-state index in [1.54, 1.807) is 6.33 Å². The Kier molecular flexibility index (Phi) is 4.91. The Morgan fingerprint density at radius 2 is 2.10 bits per heavy atom. The van der Waals surface area contributed by atoms with Crippen molar-refractivity contribution < 1.29 is 8.42 Å². The number of primary sulfonamides is 1. The summed E-state index contributed by atoms with van der Waals surface area (Å²) < 4.78 is 21.8. The number of hydrogen-bond acceptors (Lipinski definition) is 7. The number of imidazole rings is 1. The van der Waals surface area contributed by atoms with Crippen molar-refractivity contribution in [2.75, 3.05) is 29.5 Å². The zero-order valence-corrected chi connectivity index (χ0v) is 12.6. The van der Waals surface area contributed by atoms with Gasteiger partial charge >= 0.3 is 0 Å². The molecule has 5 N–H and O–H groups in total. The zero-order chi connectivity index (χ0) is 15.3. The average molecular weight is 313 g/mol. The average Bonchev–Trinajstić information content (AvgIpc) is 2.88. The fourth-order valence-electron chi connectivity index (χ4n) is 1.76. The van der Waals surface area contributed by atoms with Crippen LogP contribution in [0.25, 0.3) is 11.2 Å². The maximum absolute atomic E-state index is 10.9. The molecule has 2 aromatic rings. The molecule has 0 saturated carbocycles. The number of nitrogens with two attached hydrogens (primary N) is 1. The van der Waals surface area contributed by atoms with Crippen LogP contribution < -0.4 is 15.8 Å². The van der Waals surface area contributed by atoms with Crippen LogP contribution in [0.3, 0.4) is 0 Å². The summed E-state index contributed by atoms with van der Waals surface area (Å²) in [5, 5.41) is 11.1. The van der Waals surface area contributed by atoms with Gasteiger partial charge in [0.1, 0.15) is 5.52 Å². The summed E-state index contributed by atoms with van der Waals surface area (Å²) in [6, 6.07) is 0. The summed E-state index contributed by atoms with van der Waals surface area (Å²) >= 11 is 0. The zero-order valence-electron chi connectivity index (χ0n) is 11.8. The number of sulfonamides is 1. The highest BCUT2D eigenvalue weighted by Crippen LogP contribution is 2.18. The summed E-state index contributed by atoms with van der Waals surface area (Å²) in [6.45, 7) is 3.25. The maximum Gasteiger partial charge on any atom is 0.226 e. The molecule has 0 aliphatic rings. The van der Waals surface area contributed by atoms with Crippen LogP contribution in [0.1, 0.15) is 19.8 Å². The number of rotatable bonds is 8. The van der Waals surface area contributed by atoms with Gasteiger partial charge in [-0.05, 0) is 12.8 Å². The molecule has 0 saturated heterocycles. The van der Waals surface area contributed by atoms with E-state index in [0.717, 1.165) is 13.0 Å². The van der Waals surface area contributed by atoms with Crippen molar-refractivity contribution in [3.05, 3.63) is 6.33 Å². The number of aromatic amines is 1. The van der Waals surface area contributed by atoms with E-state index in [9.17, 15) is 8.42 Å². The lowest BCUT2D eigenvalue weighted by Gasteiger charge is -2.08. The van der Waals surface area contributed by atoms with Gasteiger partial charge in [-0.25, -0.2) is 18.5 Å². The summed E-state index contributed by atoms with van der Waals surface area (Å²) in [4.78, 5) is 15.7. The molecule has 0 bridgehead atoms. The van der Waals surface area contributed by atoms with Crippen LogP contribution in [0.15, 0.2) is 6.33 Å². The molecule has 116 valence electrons. The number of hydrogen-bond donors (Lipinski definition) is 4. The van der Waals surface area contributed by atoms with Crippen molar-refractivity contribution in [2.24, 2.45) is 5.14 Å². The number of H-pyrrole nitrogens is 1. The van der Waals surface area contributed by atoms with Crippen LogP contribution in [0.4, 0.5) is 11.8 Å². The van der Waals surface area contributed by atoms with E-state index in [0.29, 0.717) is 35.9 Å². The third-order valence-corrected chi connectivity index (χ3v) is 3.57. The highest BCUT2D eigenvalue weighted by atomic mass is 32.2. The van der Waals surface area contributed by atoms with E-state index < -0.39 is 10.0 Å². The molecule has 0 fully saturated rings. The van der Waals surface area contributed by atoms with Gasteiger partial charge in [0.05, 0.1) is 12.1 Å². The van der Waals surface area contributed by atoms with E-state index in [2.05, 4.69) is 30.6 Å². The highest BCUT2D eigenvalue weighted by molar-refractivity contribution is 7.89. The Bertz CT molecular complexity index is 698. The summed E-state index contributed by atoms with van der Waals surface area (Å²) in [6.07, 6.45) is 2.90. The number of nitrogens with one attached hydrogen (secondary N) is 3. The summed E-state index contributed by atoms with van der Waals surface area (Å²) in [7, 11) is -3.44. The van der Waals surface area contributed by atoms with Crippen molar-refractivity contribution in [3.8, 4) is 0 Å². The lowest BCUT2D eigenvalue weighted by molar-refractivity contribution is 0.595. The Labute approximate surface area is 122 Å². The molecule has 0 radical (unpaired) electrons. The van der Waals surface area contributed by atoms with Gasteiger partial charge in [-0.1, -0.05) is 6.92 Å². The molecule has 0 atom stereocenters. The molecule has 2 heterocycles. The van der Waals surface area contributed by atoms with Crippen molar-refractivity contribution >= 4 is 33.0 Å². The van der Waals surface area contributed by atoms with E-state index in [1.165, 1.54) is 0 Å². The molecule has 2 aromatic heterocycles. The van der Waals surface area contributed by atoms with Gasteiger partial charge < -0.3 is 15.6 Å². The minimum Gasteiger partial charge on any atom is -0.368 e. The predicted molar refractivity (Wildman–Crippen MR) is 81.5 cm³/mol. The molecular formula is C11H19N7O2S. The van der Waals surface area contributed by atoms with Crippen LogP contribution >= 0.6 is 0 Å². The van der Waals surface area contributed by atoms with Crippen molar-refractivity contribution in [1.82, 2.24) is 19.9 Å². The molecule has 0 aliphatic heterocycles. The van der Waals surface area contributed by atoms with E-state index in [-0.39, 0.29) is 5.75 Å². The fourth-order valence-corrected chi connectivity index (χ4v) is 2.30. The Balaban J connectivity index is 2.08. The topological polar surface area (TPSA) is 139 Å². The van der Waals surface area contributed by atoms with Crippen molar-refractivity contribution in [2.45, 2.75) is 19.8 Å². The third-order valence-electron chi connectivity index (χ3n) is 2.72. The molecule has 0 amide bonds. The SMILES string of the molecule is CCCNc1nc(NCCCS(N)(=O)=O)c2[nH]cnc2n1. The molecule has 10 heteroatoms. The van der Waals surface area contributed by atoms with Crippen LogP contribution in [0.5, 0.6) is 0 Å². The monoisotopic (exact) mass is 313 g/mol. The molecule has 21 heavy (non-hydrogen) atoms. The smallest absolute Gasteiger partial charge is 0.226 e. The van der Waals surface area contributed by atoms with Crippen LogP contribution in [-0.4, -0.2) is 47.2 Å². The van der Waals surface area contributed by atoms with Crippen molar-refractivity contribution in [3.63, 3.8) is 0 Å². The van der Waals surface area contributed by atoms with Gasteiger partial charge in [-0.2, -0.15) is 9.97 Å². The Morgan fingerprint density at radius 3 is 2.81 bits per heavy atom. The molecule has 0 spiro atoms. The molecule has 9 nitrogen and oxygen atoms in total. The first-order valence-corrected chi connectivity index (χ1v) is 8.40. The number of nitrogens with zero attached hydrogens (tertiary/aromatic N) is 3. The van der Waals surface area contributed by atoms with Gasteiger partial charge in [0, 0.05) is 13.1 Å². The third kappa shape index (κ3) is 4.53. The molecule has 2 rings (SSSR count). The number of anilines is 2. The molecule has 0 aliphatic carbocycles. The Hall–Kier alpha value is -1.94.